The van der Waals surface area contributed by atoms with Crippen molar-refractivity contribution in [2.75, 3.05) is 6.54 Å². The molecule has 0 bridgehead atoms. The Balaban J connectivity index is 1.88. The highest BCUT2D eigenvalue weighted by Gasteiger charge is 2.07. The number of nitrogens with zero attached hydrogens (tertiary/aromatic N) is 2. The van der Waals surface area contributed by atoms with E-state index in [0.29, 0.717) is 0 Å². The molecule has 0 radical (unpaired) electrons. The van der Waals surface area contributed by atoms with Crippen molar-refractivity contribution < 1.29 is 0 Å². The summed E-state index contributed by atoms with van der Waals surface area (Å²) in [5.74, 6) is 0. The van der Waals surface area contributed by atoms with Gasteiger partial charge in [-0.15, -0.1) is 0 Å². The van der Waals surface area contributed by atoms with Crippen LogP contribution in [0.1, 0.15) is 38.3 Å². The van der Waals surface area contributed by atoms with E-state index in [4.69, 9.17) is 0 Å². The Morgan fingerprint density at radius 3 is 2.50 bits per heavy atom. The molecule has 3 heteroatoms. The van der Waals surface area contributed by atoms with E-state index in [1.54, 1.807) is 0 Å². The van der Waals surface area contributed by atoms with Gasteiger partial charge in [0.05, 0.1) is 11.9 Å². The smallest absolute Gasteiger partial charge is 0.0645 e. The molecule has 0 aliphatic heterocycles. The fraction of sp³-hybridized carbons (Fsp3) is 0.471. The molecule has 108 valence electrons. The minimum atomic E-state index is 0.200. The van der Waals surface area contributed by atoms with Crippen LogP contribution in [-0.2, 0) is 6.42 Å². The lowest BCUT2D eigenvalue weighted by Crippen LogP contribution is -2.36. The van der Waals surface area contributed by atoms with Crippen LogP contribution < -0.4 is 5.32 Å². The molecule has 0 amide bonds. The van der Waals surface area contributed by atoms with Crippen molar-refractivity contribution in [3.05, 3.63) is 47.8 Å². The first-order valence-electron chi connectivity index (χ1n) is 7.30. The Morgan fingerprint density at radius 1 is 1.15 bits per heavy atom. The maximum atomic E-state index is 4.44. The first kappa shape index (κ1) is 14.8. The third-order valence-corrected chi connectivity index (χ3v) is 3.23. The maximum absolute atomic E-state index is 4.44. The van der Waals surface area contributed by atoms with Crippen LogP contribution in [0.15, 0.2) is 36.7 Å². The normalized spacial score (nSPS) is 11.8. The first-order valence-corrected chi connectivity index (χ1v) is 7.30. The number of rotatable bonds is 5. The van der Waals surface area contributed by atoms with Gasteiger partial charge in [-0.25, -0.2) is 4.68 Å². The monoisotopic (exact) mass is 271 g/mol. The summed E-state index contributed by atoms with van der Waals surface area (Å²) in [7, 11) is 0. The zero-order valence-electron chi connectivity index (χ0n) is 13.0. The van der Waals surface area contributed by atoms with E-state index >= 15 is 0 Å². The maximum Gasteiger partial charge on any atom is 0.0645 e. The first-order chi connectivity index (χ1) is 9.44. The predicted molar refractivity (Wildman–Crippen MR) is 84.4 cm³/mol. The highest BCUT2D eigenvalue weighted by Crippen LogP contribution is 2.11. The lowest BCUT2D eigenvalue weighted by Gasteiger charge is -2.20. The fourth-order valence-electron chi connectivity index (χ4n) is 2.08. The van der Waals surface area contributed by atoms with Gasteiger partial charge < -0.3 is 5.32 Å². The molecule has 20 heavy (non-hydrogen) atoms. The second kappa shape index (κ2) is 6.23. The predicted octanol–water partition coefficient (Wildman–Crippen LogP) is 3.50. The Labute approximate surface area is 122 Å². The second-order valence-corrected chi connectivity index (χ2v) is 6.41. The molecule has 1 N–H and O–H groups in total. The summed E-state index contributed by atoms with van der Waals surface area (Å²) in [6.07, 6.45) is 6.30. The molecule has 1 heterocycles. The van der Waals surface area contributed by atoms with Crippen LogP contribution in [0.2, 0.25) is 0 Å². The van der Waals surface area contributed by atoms with E-state index in [2.05, 4.69) is 68.6 Å². The van der Waals surface area contributed by atoms with E-state index in [1.807, 2.05) is 10.9 Å². The van der Waals surface area contributed by atoms with E-state index in [-0.39, 0.29) is 5.54 Å². The van der Waals surface area contributed by atoms with Crippen molar-refractivity contribution in [1.29, 1.82) is 0 Å². The van der Waals surface area contributed by atoms with Crippen LogP contribution in [0, 0.1) is 6.92 Å². The molecule has 2 rings (SSSR count). The van der Waals surface area contributed by atoms with Crippen molar-refractivity contribution in [1.82, 2.24) is 15.1 Å². The topological polar surface area (TPSA) is 29.9 Å². The number of aryl methyl sites for hydroxylation is 2. The Kier molecular flexibility index (Phi) is 4.61. The van der Waals surface area contributed by atoms with Crippen LogP contribution in [0.25, 0.3) is 5.69 Å². The van der Waals surface area contributed by atoms with Crippen LogP contribution in [0.4, 0.5) is 0 Å². The zero-order chi connectivity index (χ0) is 14.6. The van der Waals surface area contributed by atoms with Gasteiger partial charge in [0.15, 0.2) is 0 Å². The molecule has 3 nitrogen and oxygen atoms in total. The molecule has 0 fully saturated rings. The molecule has 1 aromatic carbocycles. The van der Waals surface area contributed by atoms with Gasteiger partial charge in [0.25, 0.3) is 0 Å². The van der Waals surface area contributed by atoms with Crippen LogP contribution in [0.3, 0.4) is 0 Å². The molecule has 2 aromatic rings. The minimum absolute atomic E-state index is 0.200. The van der Waals surface area contributed by atoms with Gasteiger partial charge in [0, 0.05) is 11.7 Å². The van der Waals surface area contributed by atoms with Crippen molar-refractivity contribution in [3.63, 3.8) is 0 Å². The number of nitrogens with one attached hydrogen (secondary N) is 1. The van der Waals surface area contributed by atoms with Gasteiger partial charge in [-0.1, -0.05) is 17.7 Å². The molecule has 0 atom stereocenters. The number of hydrogen-bond donors (Lipinski definition) is 1. The second-order valence-electron chi connectivity index (χ2n) is 6.41. The SMILES string of the molecule is Cc1ccc(-n2cc(CCCNC(C)(C)C)cn2)cc1. The number of benzene rings is 1. The largest absolute Gasteiger partial charge is 0.312 e. The van der Waals surface area contributed by atoms with E-state index in [1.165, 1.54) is 11.1 Å². The molecule has 0 aliphatic carbocycles. The van der Waals surface area contributed by atoms with Crippen molar-refractivity contribution >= 4 is 0 Å². The molecule has 0 saturated carbocycles. The van der Waals surface area contributed by atoms with Gasteiger partial charge in [0.1, 0.15) is 0 Å². The highest BCUT2D eigenvalue weighted by molar-refractivity contribution is 5.33. The lowest BCUT2D eigenvalue weighted by atomic mass is 10.1. The molecule has 0 spiro atoms. The summed E-state index contributed by atoms with van der Waals surface area (Å²) in [6.45, 7) is 9.73. The number of hydrogen-bond acceptors (Lipinski definition) is 2. The van der Waals surface area contributed by atoms with Gasteiger partial charge in [-0.05, 0) is 64.8 Å². The summed E-state index contributed by atoms with van der Waals surface area (Å²) >= 11 is 0. The Morgan fingerprint density at radius 2 is 1.85 bits per heavy atom. The van der Waals surface area contributed by atoms with E-state index in [0.717, 1.165) is 25.1 Å². The third-order valence-electron chi connectivity index (χ3n) is 3.23. The van der Waals surface area contributed by atoms with Gasteiger partial charge in [0.2, 0.25) is 0 Å². The fourth-order valence-corrected chi connectivity index (χ4v) is 2.08. The molecule has 1 aromatic heterocycles. The zero-order valence-corrected chi connectivity index (χ0v) is 13.0. The van der Waals surface area contributed by atoms with Crippen LogP contribution in [-0.4, -0.2) is 21.9 Å². The quantitative estimate of drug-likeness (QED) is 0.844. The van der Waals surface area contributed by atoms with Gasteiger partial charge >= 0.3 is 0 Å². The molecular weight excluding hydrogens is 246 g/mol. The Bertz CT molecular complexity index is 532. The summed E-state index contributed by atoms with van der Waals surface area (Å²) in [4.78, 5) is 0. The summed E-state index contributed by atoms with van der Waals surface area (Å²) in [5, 5.41) is 7.95. The highest BCUT2D eigenvalue weighted by atomic mass is 15.3. The molecule has 0 unspecified atom stereocenters. The average molecular weight is 271 g/mol. The van der Waals surface area contributed by atoms with Crippen molar-refractivity contribution in [2.45, 2.75) is 46.1 Å². The summed E-state index contributed by atoms with van der Waals surface area (Å²) < 4.78 is 1.95. The van der Waals surface area contributed by atoms with Gasteiger partial charge in [-0.3, -0.25) is 0 Å². The van der Waals surface area contributed by atoms with Crippen molar-refractivity contribution in [3.8, 4) is 5.69 Å². The number of aromatic nitrogens is 2. The van der Waals surface area contributed by atoms with Gasteiger partial charge in [-0.2, -0.15) is 5.10 Å². The van der Waals surface area contributed by atoms with E-state index in [9.17, 15) is 0 Å². The molecular formula is C17H25N3. The van der Waals surface area contributed by atoms with Crippen molar-refractivity contribution in [2.24, 2.45) is 0 Å². The molecule has 0 saturated heterocycles. The Hall–Kier alpha value is -1.61. The summed E-state index contributed by atoms with van der Waals surface area (Å²) in [6, 6.07) is 8.44. The van der Waals surface area contributed by atoms with E-state index < -0.39 is 0 Å². The third kappa shape index (κ3) is 4.49. The summed E-state index contributed by atoms with van der Waals surface area (Å²) in [5.41, 5.74) is 3.89. The average Bonchev–Trinajstić information content (AvgIpc) is 2.83. The van der Waals surface area contributed by atoms with Crippen LogP contribution >= 0.6 is 0 Å². The molecule has 0 aliphatic rings. The van der Waals surface area contributed by atoms with Crippen LogP contribution in [0.5, 0.6) is 0 Å². The lowest BCUT2D eigenvalue weighted by molar-refractivity contribution is 0.422. The standard InChI is InChI=1S/C17H25N3/c1-14-7-9-16(10-8-14)20-13-15(12-19-20)6-5-11-18-17(2,3)4/h7-10,12-13,18H,5-6,11H2,1-4H3. The minimum Gasteiger partial charge on any atom is -0.312 e.